The fourth-order valence-corrected chi connectivity index (χ4v) is 3.77. The van der Waals surface area contributed by atoms with Crippen LogP contribution in [0.15, 0.2) is 41.4 Å². The number of amides is 1. The number of aromatic amines is 1. The van der Waals surface area contributed by atoms with Crippen molar-refractivity contribution in [2.75, 3.05) is 11.6 Å². The molecule has 0 aliphatic rings. The van der Waals surface area contributed by atoms with Crippen LogP contribution in [-0.2, 0) is 21.1 Å². The highest BCUT2D eigenvalue weighted by molar-refractivity contribution is 7.90. The van der Waals surface area contributed by atoms with E-state index in [4.69, 9.17) is 0 Å². The lowest BCUT2D eigenvalue weighted by atomic mass is 10.0. The van der Waals surface area contributed by atoms with Crippen LogP contribution in [0.2, 0.25) is 0 Å². The minimum absolute atomic E-state index is 0.0117. The fraction of sp³-hybridized carbons (Fsp3) is 0.200. The van der Waals surface area contributed by atoms with Gasteiger partial charge in [0.2, 0.25) is 0 Å². The summed E-state index contributed by atoms with van der Waals surface area (Å²) < 4.78 is 24.4. The summed E-state index contributed by atoms with van der Waals surface area (Å²) in [6.45, 7) is 6.92. The molecule has 0 aliphatic heterocycles. The second-order valence-electron chi connectivity index (χ2n) is 6.79. The number of rotatable bonds is 6. The third kappa shape index (κ3) is 3.94. The molecule has 1 aromatic carbocycles. The number of carbonyl (C=O) groups is 2. The number of carboxylic acid groups (broad SMARTS) is 1. The maximum absolute atomic E-state index is 12.2. The van der Waals surface area contributed by atoms with Crippen molar-refractivity contribution in [3.63, 3.8) is 0 Å². The van der Waals surface area contributed by atoms with E-state index in [2.05, 4.69) is 26.8 Å². The third-order valence-electron chi connectivity index (χ3n) is 4.41. The average molecular weight is 428 g/mol. The van der Waals surface area contributed by atoms with Crippen LogP contribution in [0, 0.1) is 0 Å². The number of hydrogen-bond acceptors (Lipinski definition) is 6. The molecule has 0 saturated heterocycles. The number of H-pyrrole nitrogens is 1. The van der Waals surface area contributed by atoms with Gasteiger partial charge < -0.3 is 15.4 Å². The molecule has 0 fully saturated rings. The summed E-state index contributed by atoms with van der Waals surface area (Å²) in [4.78, 5) is 35.4. The van der Waals surface area contributed by atoms with Crippen molar-refractivity contribution in [2.24, 2.45) is 0 Å². The van der Waals surface area contributed by atoms with Gasteiger partial charge in [0.1, 0.15) is 11.5 Å². The topological polar surface area (TPSA) is 142 Å². The van der Waals surface area contributed by atoms with E-state index in [9.17, 15) is 23.1 Å². The highest BCUT2D eigenvalue weighted by Crippen LogP contribution is 2.33. The van der Waals surface area contributed by atoms with Gasteiger partial charge >= 0.3 is 5.97 Å². The van der Waals surface area contributed by atoms with Crippen LogP contribution in [0.1, 0.15) is 30.0 Å². The van der Waals surface area contributed by atoms with Gasteiger partial charge in [-0.05, 0) is 19.1 Å². The number of carbonyl (C=O) groups excluding carboxylic acids is 1. The first-order chi connectivity index (χ1) is 14.0. The quantitative estimate of drug-likeness (QED) is 0.512. The number of carboxylic acids is 1. The molecule has 2 heterocycles. The van der Waals surface area contributed by atoms with Crippen LogP contribution in [0.5, 0.6) is 0 Å². The Morgan fingerprint density at radius 1 is 1.27 bits per heavy atom. The van der Waals surface area contributed by atoms with Crippen LogP contribution in [-0.4, -0.2) is 46.6 Å². The van der Waals surface area contributed by atoms with Crippen molar-refractivity contribution in [3.05, 3.63) is 47.9 Å². The Labute approximate surface area is 172 Å². The Hall–Kier alpha value is -3.53. The van der Waals surface area contributed by atoms with Crippen LogP contribution in [0.25, 0.3) is 22.3 Å². The summed E-state index contributed by atoms with van der Waals surface area (Å²) in [6.07, 6.45) is 2.87. The number of sulfone groups is 1. The Bertz CT molecular complexity index is 1310. The van der Waals surface area contributed by atoms with Gasteiger partial charge in [-0.2, -0.15) is 0 Å². The number of aryl methyl sites for hydroxylation is 1. The first-order valence-corrected chi connectivity index (χ1v) is 10.8. The zero-order valence-electron chi connectivity index (χ0n) is 16.6. The molecule has 0 bridgehead atoms. The minimum Gasteiger partial charge on any atom is -0.478 e. The number of anilines is 1. The van der Waals surface area contributed by atoms with Crippen LogP contribution in [0.4, 0.5) is 5.69 Å². The second-order valence-corrected chi connectivity index (χ2v) is 8.77. The molecule has 2 aromatic heterocycles. The second kappa shape index (κ2) is 7.71. The first kappa shape index (κ1) is 21.2. The van der Waals surface area contributed by atoms with Crippen LogP contribution in [0.3, 0.4) is 0 Å². The van der Waals surface area contributed by atoms with Crippen LogP contribution >= 0.6 is 0 Å². The summed E-state index contributed by atoms with van der Waals surface area (Å²) in [5.41, 5.74) is 1.36. The predicted molar refractivity (Wildman–Crippen MR) is 112 cm³/mol. The molecule has 0 aliphatic carbocycles. The Balaban J connectivity index is 2.31. The van der Waals surface area contributed by atoms with Crippen molar-refractivity contribution in [1.29, 1.82) is 0 Å². The van der Waals surface area contributed by atoms with Crippen molar-refractivity contribution in [3.8, 4) is 11.3 Å². The van der Waals surface area contributed by atoms with Crippen molar-refractivity contribution in [1.82, 2.24) is 15.0 Å². The highest BCUT2D eigenvalue weighted by Gasteiger charge is 2.22. The minimum atomic E-state index is -3.65. The number of fused-ring (bicyclic) bond motifs is 1. The summed E-state index contributed by atoms with van der Waals surface area (Å²) in [5.74, 6) is -1.21. The lowest BCUT2D eigenvalue weighted by molar-refractivity contribution is -0.112. The molecule has 0 saturated carbocycles. The Kier molecular flexibility index (Phi) is 5.45. The van der Waals surface area contributed by atoms with Gasteiger partial charge in [0.25, 0.3) is 5.91 Å². The molecular formula is C20H20N4O5S. The number of aromatic carboxylic acids is 1. The Morgan fingerprint density at radius 3 is 2.53 bits per heavy atom. The van der Waals surface area contributed by atoms with E-state index in [1.165, 1.54) is 31.3 Å². The van der Waals surface area contributed by atoms with Crippen LogP contribution < -0.4 is 5.32 Å². The molecule has 10 heteroatoms. The predicted octanol–water partition coefficient (Wildman–Crippen LogP) is 2.80. The summed E-state index contributed by atoms with van der Waals surface area (Å²) >= 11 is 0. The SMILES string of the molecule is C=C(C)C(=O)Nc1cc(-c2nc(CC)nc3[nH]cc(C(=O)O)c23)ccc1S(C)(=O)=O. The van der Waals surface area contributed by atoms with E-state index in [1.54, 1.807) is 0 Å². The van der Waals surface area contributed by atoms with E-state index in [0.717, 1.165) is 6.26 Å². The molecule has 156 valence electrons. The number of nitrogens with zero attached hydrogens (tertiary/aromatic N) is 2. The molecule has 0 spiro atoms. The molecule has 0 radical (unpaired) electrons. The zero-order valence-corrected chi connectivity index (χ0v) is 17.4. The first-order valence-electron chi connectivity index (χ1n) is 8.95. The molecule has 0 unspecified atom stereocenters. The van der Waals surface area contributed by atoms with E-state index in [1.807, 2.05) is 6.92 Å². The molecule has 30 heavy (non-hydrogen) atoms. The smallest absolute Gasteiger partial charge is 0.338 e. The van der Waals surface area contributed by atoms with Crippen molar-refractivity contribution < 1.29 is 23.1 Å². The van der Waals surface area contributed by atoms with Crippen molar-refractivity contribution in [2.45, 2.75) is 25.2 Å². The standard InChI is InChI=1S/C20H20N4O5S/c1-5-15-23-17(16-12(20(26)27)9-21-18(16)24-15)11-6-7-14(30(4,28)29)13(8-11)22-19(25)10(2)3/h6-9H,2,5H2,1,3-4H3,(H,22,25)(H,26,27)(H,21,23,24). The monoisotopic (exact) mass is 428 g/mol. The van der Waals surface area contributed by atoms with E-state index in [0.29, 0.717) is 34.5 Å². The lowest BCUT2D eigenvalue weighted by Gasteiger charge is -2.13. The fourth-order valence-electron chi connectivity index (χ4n) is 2.94. The third-order valence-corrected chi connectivity index (χ3v) is 5.57. The maximum Gasteiger partial charge on any atom is 0.338 e. The summed E-state index contributed by atoms with van der Waals surface area (Å²) in [5, 5.41) is 12.4. The molecule has 1 amide bonds. The number of benzene rings is 1. The van der Waals surface area contributed by atoms with E-state index < -0.39 is 21.7 Å². The van der Waals surface area contributed by atoms with Gasteiger partial charge in [-0.1, -0.05) is 19.6 Å². The molecule has 9 nitrogen and oxygen atoms in total. The maximum atomic E-state index is 12.2. The summed E-state index contributed by atoms with van der Waals surface area (Å²) in [7, 11) is -3.65. The van der Waals surface area contributed by atoms with Gasteiger partial charge in [-0.15, -0.1) is 0 Å². The number of nitrogens with one attached hydrogen (secondary N) is 2. The summed E-state index contributed by atoms with van der Waals surface area (Å²) in [6, 6.07) is 4.33. The molecule has 3 N–H and O–H groups in total. The zero-order chi connectivity index (χ0) is 22.2. The lowest BCUT2D eigenvalue weighted by Crippen LogP contribution is -2.15. The van der Waals surface area contributed by atoms with Gasteiger partial charge in [-0.25, -0.2) is 23.2 Å². The number of aromatic nitrogens is 3. The van der Waals surface area contributed by atoms with E-state index >= 15 is 0 Å². The normalized spacial score (nSPS) is 11.4. The van der Waals surface area contributed by atoms with Gasteiger partial charge in [0.15, 0.2) is 9.84 Å². The molecule has 3 rings (SSSR count). The van der Waals surface area contributed by atoms with Gasteiger partial charge in [0, 0.05) is 30.0 Å². The number of hydrogen-bond donors (Lipinski definition) is 3. The molecule has 3 aromatic rings. The molecular weight excluding hydrogens is 408 g/mol. The highest BCUT2D eigenvalue weighted by atomic mass is 32.2. The van der Waals surface area contributed by atoms with Crippen molar-refractivity contribution >= 4 is 38.4 Å². The van der Waals surface area contributed by atoms with E-state index in [-0.39, 0.29) is 21.7 Å². The largest absolute Gasteiger partial charge is 0.478 e. The average Bonchev–Trinajstić information content (AvgIpc) is 3.10. The van der Waals surface area contributed by atoms with Gasteiger partial charge in [0.05, 0.1) is 27.2 Å². The van der Waals surface area contributed by atoms with Gasteiger partial charge in [-0.3, -0.25) is 4.79 Å². The Morgan fingerprint density at radius 2 is 1.97 bits per heavy atom. The molecule has 0 atom stereocenters.